The van der Waals surface area contributed by atoms with E-state index < -0.39 is 4.92 Å². The third-order valence-electron chi connectivity index (χ3n) is 3.54. The molecule has 2 rings (SSSR count). The van der Waals surface area contributed by atoms with Crippen molar-refractivity contribution in [3.63, 3.8) is 0 Å². The first-order valence-corrected chi connectivity index (χ1v) is 6.48. The number of nitrogens with two attached hydrogens (primary N) is 1. The van der Waals surface area contributed by atoms with Gasteiger partial charge in [0.25, 0.3) is 5.69 Å². The highest BCUT2D eigenvalue weighted by molar-refractivity contribution is 5.54. The average molecular weight is 265 g/mol. The monoisotopic (exact) mass is 265 g/mol. The summed E-state index contributed by atoms with van der Waals surface area (Å²) in [5, 5.41) is 14.1. The number of hydrogen-bond donors (Lipinski definition) is 3. The summed E-state index contributed by atoms with van der Waals surface area (Å²) in [6.07, 6.45) is 4.48. The van der Waals surface area contributed by atoms with Crippen molar-refractivity contribution < 1.29 is 4.92 Å². The number of nitro groups is 1. The van der Waals surface area contributed by atoms with E-state index in [1.807, 2.05) is 0 Å². The molecular weight excluding hydrogens is 246 g/mol. The molecule has 0 unspecified atom stereocenters. The van der Waals surface area contributed by atoms with E-state index in [0.29, 0.717) is 17.7 Å². The van der Waals surface area contributed by atoms with Crippen LogP contribution in [0, 0.1) is 16.0 Å². The molecule has 1 heterocycles. The number of nitrogen functional groups attached to an aromatic ring is 1. The van der Waals surface area contributed by atoms with Crippen LogP contribution in [0.1, 0.15) is 32.6 Å². The van der Waals surface area contributed by atoms with Gasteiger partial charge in [0, 0.05) is 6.04 Å². The van der Waals surface area contributed by atoms with Gasteiger partial charge in [-0.2, -0.15) is 0 Å². The number of hydrogen-bond acceptors (Lipinski definition) is 6. The summed E-state index contributed by atoms with van der Waals surface area (Å²) >= 11 is 0. The summed E-state index contributed by atoms with van der Waals surface area (Å²) in [6.45, 7) is 2.25. The molecule has 1 aromatic heterocycles. The zero-order chi connectivity index (χ0) is 13.8. The predicted molar refractivity (Wildman–Crippen MR) is 73.7 cm³/mol. The molecule has 0 spiro atoms. The van der Waals surface area contributed by atoms with Gasteiger partial charge in [0.1, 0.15) is 11.6 Å². The Bertz CT molecular complexity index is 457. The topological polar surface area (TPSA) is 106 Å². The van der Waals surface area contributed by atoms with Crippen LogP contribution in [0.5, 0.6) is 0 Å². The minimum Gasteiger partial charge on any atom is -0.367 e. The number of aromatic nitrogens is 1. The Morgan fingerprint density at radius 3 is 2.53 bits per heavy atom. The number of pyridine rings is 1. The van der Waals surface area contributed by atoms with E-state index in [-0.39, 0.29) is 5.69 Å². The summed E-state index contributed by atoms with van der Waals surface area (Å²) in [5.74, 6) is 6.83. The molecule has 7 nitrogen and oxygen atoms in total. The Morgan fingerprint density at radius 2 is 1.95 bits per heavy atom. The molecule has 104 valence electrons. The van der Waals surface area contributed by atoms with Crippen molar-refractivity contribution in [2.75, 3.05) is 10.7 Å². The predicted octanol–water partition coefficient (Wildman–Crippen LogP) is 2.27. The molecule has 0 amide bonds. The van der Waals surface area contributed by atoms with E-state index in [1.54, 1.807) is 0 Å². The number of nitrogens with zero attached hydrogens (tertiary/aromatic N) is 2. The first-order valence-electron chi connectivity index (χ1n) is 6.48. The normalized spacial score (nSPS) is 22.8. The quantitative estimate of drug-likeness (QED) is 0.438. The number of anilines is 2. The molecule has 0 aromatic carbocycles. The van der Waals surface area contributed by atoms with E-state index >= 15 is 0 Å². The van der Waals surface area contributed by atoms with Crippen LogP contribution in [0.25, 0.3) is 0 Å². The van der Waals surface area contributed by atoms with Crippen LogP contribution in [-0.4, -0.2) is 15.9 Å². The minimum absolute atomic E-state index is 0.0189. The maximum Gasteiger partial charge on any atom is 0.276 e. The molecule has 0 aliphatic heterocycles. The van der Waals surface area contributed by atoms with Gasteiger partial charge in [-0.15, -0.1) is 0 Å². The largest absolute Gasteiger partial charge is 0.367 e. The molecule has 0 saturated heterocycles. The third kappa shape index (κ3) is 3.54. The molecular formula is C12H19N5O2. The first kappa shape index (κ1) is 13.5. The Labute approximate surface area is 111 Å². The van der Waals surface area contributed by atoms with Gasteiger partial charge >= 0.3 is 0 Å². The highest BCUT2D eigenvalue weighted by Gasteiger charge is 2.19. The van der Waals surface area contributed by atoms with Crippen LogP contribution < -0.4 is 16.6 Å². The van der Waals surface area contributed by atoms with Crippen LogP contribution >= 0.6 is 0 Å². The Hall–Kier alpha value is -1.89. The summed E-state index contributed by atoms with van der Waals surface area (Å²) in [7, 11) is 0. The second kappa shape index (κ2) is 5.83. The number of hydrazine groups is 1. The molecule has 1 aliphatic rings. The highest BCUT2D eigenvalue weighted by atomic mass is 16.6. The van der Waals surface area contributed by atoms with Crippen LogP contribution in [0.4, 0.5) is 17.3 Å². The van der Waals surface area contributed by atoms with Gasteiger partial charge in [-0.05, 0) is 31.6 Å². The molecule has 7 heteroatoms. The van der Waals surface area contributed by atoms with Crippen molar-refractivity contribution in [3.05, 3.63) is 22.2 Å². The van der Waals surface area contributed by atoms with E-state index in [2.05, 4.69) is 22.7 Å². The lowest BCUT2D eigenvalue weighted by molar-refractivity contribution is -0.384. The standard InChI is InChI=1S/C12H19N5O2/c1-8-2-4-9(5-3-8)14-11-6-10(17(18)19)7-12(15-11)16-13/h6-9H,2-5,13H2,1H3,(H2,14,15,16). The van der Waals surface area contributed by atoms with Gasteiger partial charge in [-0.25, -0.2) is 10.8 Å². The van der Waals surface area contributed by atoms with Crippen LogP contribution in [0.3, 0.4) is 0 Å². The smallest absolute Gasteiger partial charge is 0.276 e. The second-order valence-corrected chi connectivity index (χ2v) is 5.10. The molecule has 1 aromatic rings. The van der Waals surface area contributed by atoms with E-state index in [1.165, 1.54) is 25.0 Å². The van der Waals surface area contributed by atoms with Crippen LogP contribution in [-0.2, 0) is 0 Å². The number of rotatable bonds is 4. The van der Waals surface area contributed by atoms with Gasteiger partial charge in [0.05, 0.1) is 17.1 Å². The lowest BCUT2D eigenvalue weighted by Crippen LogP contribution is -2.25. The lowest BCUT2D eigenvalue weighted by Gasteiger charge is -2.27. The lowest BCUT2D eigenvalue weighted by atomic mass is 9.87. The number of nitrogens with one attached hydrogen (secondary N) is 2. The maximum absolute atomic E-state index is 10.8. The third-order valence-corrected chi connectivity index (χ3v) is 3.54. The summed E-state index contributed by atoms with van der Waals surface area (Å²) in [5.41, 5.74) is 2.33. The van der Waals surface area contributed by atoms with Gasteiger partial charge in [0.15, 0.2) is 0 Å². The average Bonchev–Trinajstić information content (AvgIpc) is 2.41. The van der Waals surface area contributed by atoms with Crippen molar-refractivity contribution in [2.24, 2.45) is 11.8 Å². The van der Waals surface area contributed by atoms with Gasteiger partial charge in [0.2, 0.25) is 0 Å². The highest BCUT2D eigenvalue weighted by Crippen LogP contribution is 2.27. The van der Waals surface area contributed by atoms with Crippen LogP contribution in [0.15, 0.2) is 12.1 Å². The Kier molecular flexibility index (Phi) is 4.16. The molecule has 1 fully saturated rings. The van der Waals surface area contributed by atoms with Crippen LogP contribution in [0.2, 0.25) is 0 Å². The molecule has 1 saturated carbocycles. The molecule has 4 N–H and O–H groups in total. The van der Waals surface area contributed by atoms with E-state index in [0.717, 1.165) is 18.8 Å². The van der Waals surface area contributed by atoms with Gasteiger partial charge in [-0.1, -0.05) is 6.92 Å². The fourth-order valence-corrected chi connectivity index (χ4v) is 2.38. The molecule has 1 aliphatic carbocycles. The van der Waals surface area contributed by atoms with Crippen molar-refractivity contribution >= 4 is 17.3 Å². The molecule has 0 bridgehead atoms. The molecule has 0 radical (unpaired) electrons. The minimum atomic E-state index is -0.448. The summed E-state index contributed by atoms with van der Waals surface area (Å²) in [4.78, 5) is 14.6. The van der Waals surface area contributed by atoms with Crippen molar-refractivity contribution in [1.82, 2.24) is 4.98 Å². The Balaban J connectivity index is 2.10. The van der Waals surface area contributed by atoms with Gasteiger partial charge < -0.3 is 10.7 Å². The molecule has 19 heavy (non-hydrogen) atoms. The van der Waals surface area contributed by atoms with Crippen molar-refractivity contribution in [1.29, 1.82) is 0 Å². The maximum atomic E-state index is 10.8. The van der Waals surface area contributed by atoms with E-state index in [4.69, 9.17) is 5.84 Å². The first-order chi connectivity index (χ1) is 9.08. The van der Waals surface area contributed by atoms with E-state index in [9.17, 15) is 10.1 Å². The molecule has 0 atom stereocenters. The SMILES string of the molecule is CC1CCC(Nc2cc([N+](=O)[O-])cc(NN)n2)CC1. The zero-order valence-corrected chi connectivity index (χ0v) is 10.9. The fraction of sp³-hybridized carbons (Fsp3) is 0.583. The summed E-state index contributed by atoms with van der Waals surface area (Å²) < 4.78 is 0. The van der Waals surface area contributed by atoms with Gasteiger partial charge in [-0.3, -0.25) is 10.1 Å². The fourth-order valence-electron chi connectivity index (χ4n) is 2.38. The zero-order valence-electron chi connectivity index (χ0n) is 10.9. The van der Waals surface area contributed by atoms with Crippen molar-refractivity contribution in [2.45, 2.75) is 38.6 Å². The summed E-state index contributed by atoms with van der Waals surface area (Å²) in [6, 6.07) is 3.09. The Morgan fingerprint density at radius 1 is 1.32 bits per heavy atom. The second-order valence-electron chi connectivity index (χ2n) is 5.10. The van der Waals surface area contributed by atoms with Crippen molar-refractivity contribution in [3.8, 4) is 0 Å².